The maximum Gasteiger partial charge on any atom is 0.261 e. The maximum absolute atomic E-state index is 12.2. The van der Waals surface area contributed by atoms with Crippen molar-refractivity contribution in [3.8, 4) is 0 Å². The molecule has 3 heterocycles. The Hall–Kier alpha value is -2.28. The van der Waals surface area contributed by atoms with Gasteiger partial charge in [-0.15, -0.1) is 10.2 Å². The largest absolute Gasteiger partial charge is 0.306 e. The summed E-state index contributed by atoms with van der Waals surface area (Å²) >= 11 is 1.38. The molecule has 0 fully saturated rings. The predicted octanol–water partition coefficient (Wildman–Crippen LogP) is 2.00. The molecule has 7 heteroatoms. The van der Waals surface area contributed by atoms with Gasteiger partial charge >= 0.3 is 0 Å². The average Bonchev–Trinajstić information content (AvgIpc) is 3.05. The van der Waals surface area contributed by atoms with Crippen LogP contribution in [0.25, 0.3) is 5.65 Å². The first-order chi connectivity index (χ1) is 9.28. The van der Waals surface area contributed by atoms with Gasteiger partial charge in [-0.25, -0.2) is 4.98 Å². The Kier molecular flexibility index (Phi) is 2.96. The molecule has 3 aromatic heterocycles. The standard InChI is InChI=1S/C12H11N5OS/c1-2-9-15-16-12(19-9)14-11(18)8-4-3-6-17-7-5-13-10(8)17/h3-7H,2H2,1H3,(H,14,16,18). The summed E-state index contributed by atoms with van der Waals surface area (Å²) in [6.45, 7) is 2.00. The summed E-state index contributed by atoms with van der Waals surface area (Å²) < 4.78 is 1.80. The monoisotopic (exact) mass is 273 g/mol. The van der Waals surface area contributed by atoms with Crippen LogP contribution < -0.4 is 5.32 Å². The third kappa shape index (κ3) is 2.19. The molecule has 0 spiro atoms. The number of fused-ring (bicyclic) bond motifs is 1. The SMILES string of the molecule is CCc1nnc(NC(=O)c2cccn3ccnc23)s1. The van der Waals surface area contributed by atoms with Crippen molar-refractivity contribution in [1.29, 1.82) is 0 Å². The van der Waals surface area contributed by atoms with Gasteiger partial charge in [-0.2, -0.15) is 0 Å². The van der Waals surface area contributed by atoms with E-state index in [0.29, 0.717) is 16.3 Å². The highest BCUT2D eigenvalue weighted by molar-refractivity contribution is 7.15. The van der Waals surface area contributed by atoms with E-state index in [1.54, 1.807) is 28.9 Å². The van der Waals surface area contributed by atoms with Gasteiger partial charge in [0.25, 0.3) is 5.91 Å². The third-order valence-electron chi connectivity index (χ3n) is 2.65. The van der Waals surface area contributed by atoms with E-state index in [9.17, 15) is 4.79 Å². The first kappa shape index (κ1) is 11.8. The molecule has 0 unspecified atom stereocenters. The minimum Gasteiger partial charge on any atom is -0.306 e. The first-order valence-corrected chi connectivity index (χ1v) is 6.65. The zero-order chi connectivity index (χ0) is 13.2. The van der Waals surface area contributed by atoms with E-state index in [1.165, 1.54) is 11.3 Å². The Bertz CT molecular complexity index is 732. The summed E-state index contributed by atoms with van der Waals surface area (Å²) in [5.41, 5.74) is 1.14. The van der Waals surface area contributed by atoms with Crippen LogP contribution in [0.1, 0.15) is 22.3 Å². The molecule has 0 aliphatic carbocycles. The van der Waals surface area contributed by atoms with Crippen molar-refractivity contribution in [2.24, 2.45) is 0 Å². The summed E-state index contributed by atoms with van der Waals surface area (Å²) in [6.07, 6.45) is 6.11. The lowest BCUT2D eigenvalue weighted by molar-refractivity contribution is 0.102. The molecule has 0 saturated carbocycles. The van der Waals surface area contributed by atoms with Crippen molar-refractivity contribution in [1.82, 2.24) is 19.6 Å². The number of imidazole rings is 1. The molecular weight excluding hydrogens is 262 g/mol. The van der Waals surface area contributed by atoms with Crippen LogP contribution in [0.3, 0.4) is 0 Å². The average molecular weight is 273 g/mol. The predicted molar refractivity (Wildman–Crippen MR) is 72.4 cm³/mol. The van der Waals surface area contributed by atoms with Crippen molar-refractivity contribution in [2.75, 3.05) is 5.32 Å². The summed E-state index contributed by atoms with van der Waals surface area (Å²) in [6, 6.07) is 3.54. The number of amides is 1. The number of rotatable bonds is 3. The van der Waals surface area contributed by atoms with E-state index in [2.05, 4.69) is 20.5 Å². The number of nitrogens with one attached hydrogen (secondary N) is 1. The summed E-state index contributed by atoms with van der Waals surface area (Å²) in [5.74, 6) is -0.226. The van der Waals surface area contributed by atoms with Crippen LogP contribution >= 0.6 is 11.3 Å². The van der Waals surface area contributed by atoms with Crippen molar-refractivity contribution in [3.63, 3.8) is 0 Å². The number of aromatic nitrogens is 4. The van der Waals surface area contributed by atoms with Crippen LogP contribution in [-0.4, -0.2) is 25.5 Å². The second kappa shape index (κ2) is 4.77. The Morgan fingerprint density at radius 1 is 1.42 bits per heavy atom. The molecule has 1 N–H and O–H groups in total. The smallest absolute Gasteiger partial charge is 0.261 e. The highest BCUT2D eigenvalue weighted by Gasteiger charge is 2.13. The fourth-order valence-corrected chi connectivity index (χ4v) is 2.41. The number of nitrogens with zero attached hydrogens (tertiary/aromatic N) is 4. The highest BCUT2D eigenvalue weighted by atomic mass is 32.1. The molecule has 0 saturated heterocycles. The second-order valence-corrected chi connectivity index (χ2v) is 4.95. The lowest BCUT2D eigenvalue weighted by Gasteiger charge is -2.02. The van der Waals surface area contributed by atoms with Crippen LogP contribution in [0.2, 0.25) is 0 Å². The van der Waals surface area contributed by atoms with Crippen molar-refractivity contribution < 1.29 is 4.79 Å². The van der Waals surface area contributed by atoms with Crippen LogP contribution in [0.15, 0.2) is 30.7 Å². The molecule has 0 aliphatic rings. The van der Waals surface area contributed by atoms with Gasteiger partial charge in [0.1, 0.15) is 10.7 Å². The van der Waals surface area contributed by atoms with Crippen LogP contribution in [-0.2, 0) is 6.42 Å². The van der Waals surface area contributed by atoms with Gasteiger partial charge in [0, 0.05) is 18.6 Å². The number of carbonyl (C=O) groups is 1. The van der Waals surface area contributed by atoms with Crippen molar-refractivity contribution in [2.45, 2.75) is 13.3 Å². The Morgan fingerprint density at radius 2 is 2.32 bits per heavy atom. The zero-order valence-electron chi connectivity index (χ0n) is 10.2. The van der Waals surface area contributed by atoms with Crippen LogP contribution in [0.4, 0.5) is 5.13 Å². The molecule has 0 atom stereocenters. The fourth-order valence-electron chi connectivity index (χ4n) is 1.74. The lowest BCUT2D eigenvalue weighted by atomic mass is 10.2. The van der Waals surface area contributed by atoms with Crippen LogP contribution in [0, 0.1) is 0 Å². The molecule has 6 nitrogen and oxygen atoms in total. The molecule has 3 aromatic rings. The minimum atomic E-state index is -0.226. The third-order valence-corrected chi connectivity index (χ3v) is 3.64. The van der Waals surface area contributed by atoms with Gasteiger partial charge in [-0.1, -0.05) is 18.3 Å². The molecule has 19 heavy (non-hydrogen) atoms. The van der Waals surface area contributed by atoms with Gasteiger partial charge < -0.3 is 4.40 Å². The van der Waals surface area contributed by atoms with Gasteiger partial charge in [0.2, 0.25) is 5.13 Å². The summed E-state index contributed by atoms with van der Waals surface area (Å²) in [5, 5.41) is 12.1. The van der Waals surface area contributed by atoms with Gasteiger partial charge in [0.05, 0.1) is 5.56 Å². The summed E-state index contributed by atoms with van der Waals surface area (Å²) in [4.78, 5) is 16.4. The number of carbonyl (C=O) groups excluding carboxylic acids is 1. The Morgan fingerprint density at radius 3 is 3.11 bits per heavy atom. The molecular formula is C12H11N5OS. The number of aryl methyl sites for hydroxylation is 1. The van der Waals surface area contributed by atoms with Gasteiger partial charge in [0.15, 0.2) is 0 Å². The highest BCUT2D eigenvalue weighted by Crippen LogP contribution is 2.17. The maximum atomic E-state index is 12.2. The topological polar surface area (TPSA) is 72.2 Å². The number of hydrogen-bond donors (Lipinski definition) is 1. The number of pyridine rings is 1. The number of hydrogen-bond acceptors (Lipinski definition) is 5. The molecule has 0 aromatic carbocycles. The molecule has 96 valence electrons. The van der Waals surface area contributed by atoms with E-state index in [1.807, 2.05) is 13.1 Å². The van der Waals surface area contributed by atoms with Crippen molar-refractivity contribution in [3.05, 3.63) is 41.3 Å². The zero-order valence-corrected chi connectivity index (χ0v) is 11.0. The quantitative estimate of drug-likeness (QED) is 0.792. The summed E-state index contributed by atoms with van der Waals surface area (Å²) in [7, 11) is 0. The van der Waals surface area contributed by atoms with E-state index < -0.39 is 0 Å². The Balaban J connectivity index is 1.89. The number of anilines is 1. The molecule has 3 rings (SSSR count). The van der Waals surface area contributed by atoms with E-state index in [0.717, 1.165) is 11.4 Å². The normalized spacial score (nSPS) is 10.8. The van der Waals surface area contributed by atoms with Gasteiger partial charge in [-0.05, 0) is 18.6 Å². The second-order valence-electron chi connectivity index (χ2n) is 3.89. The molecule has 0 radical (unpaired) electrons. The fraction of sp³-hybridized carbons (Fsp3) is 0.167. The van der Waals surface area contributed by atoms with Crippen molar-refractivity contribution >= 4 is 28.0 Å². The minimum absolute atomic E-state index is 0.226. The van der Waals surface area contributed by atoms with Gasteiger partial charge in [-0.3, -0.25) is 10.1 Å². The molecule has 0 bridgehead atoms. The van der Waals surface area contributed by atoms with Crippen LogP contribution in [0.5, 0.6) is 0 Å². The molecule has 0 aliphatic heterocycles. The Labute approximate surface area is 113 Å². The molecule has 1 amide bonds. The van der Waals surface area contributed by atoms with E-state index >= 15 is 0 Å². The first-order valence-electron chi connectivity index (χ1n) is 5.83. The lowest BCUT2D eigenvalue weighted by Crippen LogP contribution is -2.13. The van der Waals surface area contributed by atoms with E-state index in [4.69, 9.17) is 0 Å². The van der Waals surface area contributed by atoms with E-state index in [-0.39, 0.29) is 5.91 Å².